The molecule has 1 amide bonds. The quantitative estimate of drug-likeness (QED) is 0.762. The number of aliphatic hydroxyl groups excluding tert-OH is 1. The third kappa shape index (κ3) is 3.37. The van der Waals surface area contributed by atoms with Crippen LogP contribution in [0.1, 0.15) is 21.5 Å². The topological polar surface area (TPSA) is 62.2 Å². The summed E-state index contributed by atoms with van der Waals surface area (Å²) in [4.78, 5) is 16.7. The number of nitrogens with one attached hydrogen (secondary N) is 1. The number of halogens is 2. The highest BCUT2D eigenvalue weighted by Gasteiger charge is 2.13. The van der Waals surface area contributed by atoms with Crippen molar-refractivity contribution in [2.24, 2.45) is 0 Å². The molecule has 0 fully saturated rings. The van der Waals surface area contributed by atoms with Gasteiger partial charge in [-0.05, 0) is 35.9 Å². The fraction of sp³-hybridized carbons (Fsp3) is 0.111. The Morgan fingerprint density at radius 1 is 1.25 bits per heavy atom. The van der Waals surface area contributed by atoms with Crippen LogP contribution in [0.25, 0.3) is 10.9 Å². The molecule has 0 spiro atoms. The van der Waals surface area contributed by atoms with E-state index in [9.17, 15) is 9.18 Å². The lowest BCUT2D eigenvalue weighted by Gasteiger charge is -2.09. The van der Waals surface area contributed by atoms with E-state index in [2.05, 4.69) is 10.3 Å². The number of carbonyl (C=O) groups excluding carboxylic acids is 1. The zero-order chi connectivity index (χ0) is 17.1. The number of benzene rings is 2. The summed E-state index contributed by atoms with van der Waals surface area (Å²) in [5, 5.41) is 13.1. The first-order chi connectivity index (χ1) is 11.6. The van der Waals surface area contributed by atoms with E-state index in [4.69, 9.17) is 16.7 Å². The Morgan fingerprint density at radius 3 is 2.88 bits per heavy atom. The Balaban J connectivity index is 1.83. The zero-order valence-electron chi connectivity index (χ0n) is 12.6. The summed E-state index contributed by atoms with van der Waals surface area (Å²) in [5.41, 5.74) is 1.82. The summed E-state index contributed by atoms with van der Waals surface area (Å²) >= 11 is 6.06. The largest absolute Gasteiger partial charge is 0.392 e. The van der Waals surface area contributed by atoms with Crippen molar-refractivity contribution in [1.82, 2.24) is 10.3 Å². The summed E-state index contributed by atoms with van der Waals surface area (Å²) in [6, 6.07) is 11.3. The van der Waals surface area contributed by atoms with Crippen molar-refractivity contribution >= 4 is 28.4 Å². The first-order valence-electron chi connectivity index (χ1n) is 7.29. The van der Waals surface area contributed by atoms with E-state index < -0.39 is 12.4 Å². The molecule has 3 aromatic rings. The minimum atomic E-state index is -0.474. The number of amides is 1. The molecule has 3 rings (SSSR count). The molecule has 1 heterocycles. The van der Waals surface area contributed by atoms with Crippen molar-refractivity contribution in [3.8, 4) is 0 Å². The van der Waals surface area contributed by atoms with Crippen LogP contribution < -0.4 is 5.32 Å². The Hall–Kier alpha value is -2.50. The molecule has 6 heteroatoms. The highest BCUT2D eigenvalue weighted by atomic mass is 35.5. The third-order valence-corrected chi connectivity index (χ3v) is 3.87. The van der Waals surface area contributed by atoms with E-state index in [1.54, 1.807) is 30.5 Å². The molecular weight excluding hydrogens is 331 g/mol. The van der Waals surface area contributed by atoms with Gasteiger partial charge in [-0.2, -0.15) is 0 Å². The summed E-state index contributed by atoms with van der Waals surface area (Å²) in [6.07, 6.45) is 1.61. The van der Waals surface area contributed by atoms with Crippen LogP contribution in [-0.4, -0.2) is 16.0 Å². The highest BCUT2D eigenvalue weighted by Crippen LogP contribution is 2.22. The number of aromatic nitrogens is 1. The minimum Gasteiger partial charge on any atom is -0.392 e. The molecule has 24 heavy (non-hydrogen) atoms. The van der Waals surface area contributed by atoms with Crippen molar-refractivity contribution < 1.29 is 14.3 Å². The standard InChI is InChI=1S/C18H14ClFN2O2/c19-14-7-12-2-1-5-21-17(12)15(8-14)18(24)22-9-11-3-4-16(20)13(6-11)10-23/h1-8,23H,9-10H2,(H,22,24). The molecule has 0 saturated heterocycles. The third-order valence-electron chi connectivity index (χ3n) is 3.65. The van der Waals surface area contributed by atoms with E-state index in [0.29, 0.717) is 21.7 Å². The average Bonchev–Trinajstić information content (AvgIpc) is 2.60. The number of aliphatic hydroxyl groups is 1. The molecule has 2 aromatic carbocycles. The second-order valence-electron chi connectivity index (χ2n) is 5.30. The molecule has 0 unspecified atom stereocenters. The van der Waals surface area contributed by atoms with Gasteiger partial charge in [0.25, 0.3) is 5.91 Å². The zero-order valence-corrected chi connectivity index (χ0v) is 13.3. The van der Waals surface area contributed by atoms with Crippen LogP contribution >= 0.6 is 11.6 Å². The smallest absolute Gasteiger partial charge is 0.253 e. The van der Waals surface area contributed by atoms with Crippen molar-refractivity contribution in [2.75, 3.05) is 0 Å². The SMILES string of the molecule is O=C(NCc1ccc(F)c(CO)c1)c1cc(Cl)cc2cccnc12. The Kier molecular flexibility index (Phi) is 4.74. The van der Waals surface area contributed by atoms with Gasteiger partial charge in [-0.3, -0.25) is 9.78 Å². The number of hydrogen-bond acceptors (Lipinski definition) is 3. The molecule has 4 nitrogen and oxygen atoms in total. The monoisotopic (exact) mass is 344 g/mol. The molecule has 122 valence electrons. The molecule has 0 atom stereocenters. The molecule has 0 radical (unpaired) electrons. The van der Waals surface area contributed by atoms with Gasteiger partial charge < -0.3 is 10.4 Å². The molecule has 0 aliphatic heterocycles. The van der Waals surface area contributed by atoms with E-state index in [1.807, 2.05) is 6.07 Å². The predicted octanol–water partition coefficient (Wildman–Crippen LogP) is 3.45. The van der Waals surface area contributed by atoms with E-state index in [1.165, 1.54) is 12.1 Å². The van der Waals surface area contributed by atoms with Crippen LogP contribution in [0.3, 0.4) is 0 Å². The number of pyridine rings is 1. The van der Waals surface area contributed by atoms with Gasteiger partial charge in [0.2, 0.25) is 0 Å². The van der Waals surface area contributed by atoms with Gasteiger partial charge in [0.15, 0.2) is 0 Å². The Labute approximate surface area is 142 Å². The van der Waals surface area contributed by atoms with Crippen molar-refractivity contribution in [3.05, 3.63) is 76.2 Å². The van der Waals surface area contributed by atoms with Crippen LogP contribution in [0, 0.1) is 5.82 Å². The maximum atomic E-state index is 13.4. The molecule has 0 aliphatic carbocycles. The number of nitrogens with zero attached hydrogens (tertiary/aromatic N) is 1. The second kappa shape index (κ2) is 6.95. The molecule has 0 aliphatic rings. The lowest BCUT2D eigenvalue weighted by Crippen LogP contribution is -2.23. The summed E-state index contributed by atoms with van der Waals surface area (Å²) < 4.78 is 13.4. The minimum absolute atomic E-state index is 0.191. The Morgan fingerprint density at radius 2 is 2.08 bits per heavy atom. The van der Waals surface area contributed by atoms with Gasteiger partial charge in [0.1, 0.15) is 5.82 Å². The van der Waals surface area contributed by atoms with Gasteiger partial charge >= 0.3 is 0 Å². The molecular formula is C18H14ClFN2O2. The van der Waals surface area contributed by atoms with E-state index in [-0.39, 0.29) is 18.0 Å². The lowest BCUT2D eigenvalue weighted by molar-refractivity contribution is 0.0952. The molecule has 1 aromatic heterocycles. The first kappa shape index (κ1) is 16.4. The van der Waals surface area contributed by atoms with Gasteiger partial charge in [-0.25, -0.2) is 4.39 Å². The normalized spacial score (nSPS) is 10.8. The lowest BCUT2D eigenvalue weighted by atomic mass is 10.1. The van der Waals surface area contributed by atoms with E-state index >= 15 is 0 Å². The van der Waals surface area contributed by atoms with Crippen LogP contribution in [-0.2, 0) is 13.2 Å². The maximum Gasteiger partial charge on any atom is 0.253 e. The highest BCUT2D eigenvalue weighted by molar-refractivity contribution is 6.32. The fourth-order valence-electron chi connectivity index (χ4n) is 2.47. The number of rotatable bonds is 4. The summed E-state index contributed by atoms with van der Waals surface area (Å²) in [5.74, 6) is -0.798. The number of carbonyl (C=O) groups is 1. The summed E-state index contributed by atoms with van der Waals surface area (Å²) in [6.45, 7) is -0.191. The fourth-order valence-corrected chi connectivity index (χ4v) is 2.69. The number of fused-ring (bicyclic) bond motifs is 1. The predicted molar refractivity (Wildman–Crippen MR) is 90.2 cm³/mol. The average molecular weight is 345 g/mol. The van der Waals surface area contributed by atoms with Crippen LogP contribution in [0.15, 0.2) is 48.7 Å². The molecule has 0 bridgehead atoms. The van der Waals surface area contributed by atoms with Crippen LogP contribution in [0.5, 0.6) is 0 Å². The maximum absolute atomic E-state index is 13.4. The van der Waals surface area contributed by atoms with Crippen molar-refractivity contribution in [3.63, 3.8) is 0 Å². The first-order valence-corrected chi connectivity index (χ1v) is 7.67. The van der Waals surface area contributed by atoms with Gasteiger partial charge in [0.05, 0.1) is 17.7 Å². The Bertz CT molecular complexity index is 915. The number of hydrogen-bond donors (Lipinski definition) is 2. The van der Waals surface area contributed by atoms with Crippen molar-refractivity contribution in [2.45, 2.75) is 13.2 Å². The van der Waals surface area contributed by atoms with Gasteiger partial charge in [0, 0.05) is 28.7 Å². The van der Waals surface area contributed by atoms with Gasteiger partial charge in [-0.1, -0.05) is 23.7 Å². The van der Waals surface area contributed by atoms with E-state index in [0.717, 1.165) is 5.39 Å². The van der Waals surface area contributed by atoms with Crippen LogP contribution in [0.4, 0.5) is 4.39 Å². The second-order valence-corrected chi connectivity index (χ2v) is 5.73. The van der Waals surface area contributed by atoms with Crippen LogP contribution in [0.2, 0.25) is 5.02 Å². The molecule has 2 N–H and O–H groups in total. The molecule has 0 saturated carbocycles. The van der Waals surface area contributed by atoms with Crippen molar-refractivity contribution in [1.29, 1.82) is 0 Å². The summed E-state index contributed by atoms with van der Waals surface area (Å²) in [7, 11) is 0. The van der Waals surface area contributed by atoms with Gasteiger partial charge in [-0.15, -0.1) is 0 Å².